The van der Waals surface area contributed by atoms with Crippen LogP contribution in [0.25, 0.3) is 6.08 Å². The third-order valence-electron chi connectivity index (χ3n) is 5.58. The third kappa shape index (κ3) is 6.42. The molecule has 14 heteroatoms. The first kappa shape index (κ1) is 27.8. The smallest absolute Gasteiger partial charge is 0.293 e. The van der Waals surface area contributed by atoms with Crippen molar-refractivity contribution in [2.45, 2.75) is 6.54 Å². The molecule has 0 atom stereocenters. The first-order valence-electron chi connectivity index (χ1n) is 11.5. The quantitative estimate of drug-likeness (QED) is 0.205. The van der Waals surface area contributed by atoms with Gasteiger partial charge in [0.05, 0.1) is 28.4 Å². The predicted molar refractivity (Wildman–Crippen MR) is 145 cm³/mol. The van der Waals surface area contributed by atoms with E-state index >= 15 is 0 Å². The molecule has 13 nitrogen and oxygen atoms in total. The van der Waals surface area contributed by atoms with Crippen LogP contribution in [0.3, 0.4) is 0 Å². The summed E-state index contributed by atoms with van der Waals surface area (Å²) in [6.45, 7) is -0.656. The Labute approximate surface area is 230 Å². The molecule has 40 heavy (non-hydrogen) atoms. The number of nitro groups is 2. The van der Waals surface area contributed by atoms with Gasteiger partial charge in [0.1, 0.15) is 0 Å². The van der Waals surface area contributed by atoms with Crippen molar-refractivity contribution >= 4 is 52.0 Å². The van der Waals surface area contributed by atoms with E-state index in [-0.39, 0.29) is 45.6 Å². The Bertz CT molecular complexity index is 1560. The fraction of sp³-hybridized carbons (Fsp3) is 0.115. The molecule has 0 unspecified atom stereocenters. The average molecular weight is 565 g/mol. The molecule has 3 aromatic carbocycles. The Balaban J connectivity index is 1.43. The van der Waals surface area contributed by atoms with Crippen LogP contribution in [0.5, 0.6) is 11.5 Å². The van der Waals surface area contributed by atoms with Crippen molar-refractivity contribution in [3.8, 4) is 11.5 Å². The number of para-hydroxylation sites is 1. The van der Waals surface area contributed by atoms with E-state index in [0.717, 1.165) is 4.90 Å². The van der Waals surface area contributed by atoms with Crippen LogP contribution >= 0.6 is 11.8 Å². The number of nitro benzene ring substituents is 2. The number of non-ortho nitro benzene ring substituents is 1. The zero-order chi connectivity index (χ0) is 28.8. The van der Waals surface area contributed by atoms with E-state index < -0.39 is 33.5 Å². The number of benzene rings is 3. The van der Waals surface area contributed by atoms with E-state index in [9.17, 15) is 34.6 Å². The molecule has 1 heterocycles. The van der Waals surface area contributed by atoms with E-state index in [1.54, 1.807) is 18.2 Å². The van der Waals surface area contributed by atoms with Crippen molar-refractivity contribution in [3.05, 3.63) is 103 Å². The van der Waals surface area contributed by atoms with Crippen molar-refractivity contribution < 1.29 is 33.7 Å². The van der Waals surface area contributed by atoms with Crippen molar-refractivity contribution in [1.29, 1.82) is 0 Å². The molecule has 1 aliphatic rings. The second-order valence-corrected chi connectivity index (χ2v) is 9.20. The monoisotopic (exact) mass is 564 g/mol. The summed E-state index contributed by atoms with van der Waals surface area (Å²) in [4.78, 5) is 59.8. The number of methoxy groups -OCH3 is 1. The van der Waals surface area contributed by atoms with Gasteiger partial charge in [-0.3, -0.25) is 39.5 Å². The molecule has 204 valence electrons. The van der Waals surface area contributed by atoms with E-state index in [2.05, 4.69) is 5.32 Å². The molecule has 1 aliphatic heterocycles. The van der Waals surface area contributed by atoms with Gasteiger partial charge in [0.25, 0.3) is 28.4 Å². The number of hydrogen-bond donors (Lipinski definition) is 1. The summed E-state index contributed by atoms with van der Waals surface area (Å²) in [6.07, 6.45) is 1.48. The summed E-state index contributed by atoms with van der Waals surface area (Å²) in [5.41, 5.74) is 0.607. The first-order chi connectivity index (χ1) is 19.2. The lowest BCUT2D eigenvalue weighted by molar-refractivity contribution is -0.385. The molecule has 3 amide bonds. The third-order valence-corrected chi connectivity index (χ3v) is 6.48. The lowest BCUT2D eigenvalue weighted by Crippen LogP contribution is -2.27. The Hall–Kier alpha value is -5.24. The van der Waals surface area contributed by atoms with E-state index in [1.807, 2.05) is 0 Å². The van der Waals surface area contributed by atoms with Gasteiger partial charge < -0.3 is 14.8 Å². The number of amides is 3. The zero-order valence-electron chi connectivity index (χ0n) is 20.8. The number of carbonyl (C=O) groups is 3. The molecular formula is C26H20N4O9S. The lowest BCUT2D eigenvalue weighted by atomic mass is 10.1. The van der Waals surface area contributed by atoms with Crippen LogP contribution < -0.4 is 14.8 Å². The highest BCUT2D eigenvalue weighted by atomic mass is 32.2. The largest absolute Gasteiger partial charge is 0.493 e. The maximum Gasteiger partial charge on any atom is 0.293 e. The van der Waals surface area contributed by atoms with E-state index in [4.69, 9.17) is 9.47 Å². The maximum atomic E-state index is 12.9. The molecule has 1 saturated heterocycles. The summed E-state index contributed by atoms with van der Waals surface area (Å²) in [7, 11) is 1.38. The van der Waals surface area contributed by atoms with Gasteiger partial charge >= 0.3 is 0 Å². The normalized spacial score (nSPS) is 13.8. The molecular weight excluding hydrogens is 544 g/mol. The topological polar surface area (TPSA) is 171 Å². The SMILES string of the molecule is COc1cc(/C=C2\SC(=O)N(Cc3ccccc3[N+](=O)[O-])C2=O)ccc1OCC(=O)Nc1cccc([N+](=O)[O-])c1. The summed E-state index contributed by atoms with van der Waals surface area (Å²) < 4.78 is 10.9. The van der Waals surface area contributed by atoms with Gasteiger partial charge in [-0.15, -0.1) is 0 Å². The molecule has 1 N–H and O–H groups in total. The molecule has 0 spiro atoms. The molecule has 3 aromatic rings. The van der Waals surface area contributed by atoms with Gasteiger partial charge in [0.15, 0.2) is 18.1 Å². The van der Waals surface area contributed by atoms with Crippen LogP contribution in [0.2, 0.25) is 0 Å². The number of carbonyl (C=O) groups excluding carboxylic acids is 3. The lowest BCUT2D eigenvalue weighted by Gasteiger charge is -2.12. The number of ether oxygens (including phenoxy) is 2. The van der Waals surface area contributed by atoms with Gasteiger partial charge in [-0.05, 0) is 41.6 Å². The second kappa shape index (κ2) is 12.1. The Kier molecular flexibility index (Phi) is 8.39. The minimum Gasteiger partial charge on any atom is -0.493 e. The van der Waals surface area contributed by atoms with E-state index in [0.29, 0.717) is 17.3 Å². The summed E-state index contributed by atoms with van der Waals surface area (Å²) in [6, 6.07) is 16.0. The zero-order valence-corrected chi connectivity index (χ0v) is 21.6. The summed E-state index contributed by atoms with van der Waals surface area (Å²) >= 11 is 0.707. The van der Waals surface area contributed by atoms with Crippen molar-refractivity contribution in [1.82, 2.24) is 4.90 Å². The molecule has 0 saturated carbocycles. The molecule has 0 aliphatic carbocycles. The highest BCUT2D eigenvalue weighted by Crippen LogP contribution is 2.36. The Morgan fingerprint density at radius 1 is 1.00 bits per heavy atom. The minimum atomic E-state index is -0.592. The molecule has 0 aromatic heterocycles. The predicted octanol–water partition coefficient (Wildman–Crippen LogP) is 4.77. The highest BCUT2D eigenvalue weighted by molar-refractivity contribution is 8.18. The van der Waals surface area contributed by atoms with E-state index in [1.165, 1.54) is 61.7 Å². The second-order valence-electron chi connectivity index (χ2n) is 8.21. The molecule has 0 radical (unpaired) electrons. The first-order valence-corrected chi connectivity index (χ1v) is 12.3. The van der Waals surface area contributed by atoms with Crippen LogP contribution in [-0.4, -0.2) is 45.5 Å². The number of rotatable bonds is 10. The molecule has 1 fully saturated rings. The number of anilines is 1. The molecule has 0 bridgehead atoms. The Morgan fingerprint density at radius 3 is 2.50 bits per heavy atom. The van der Waals surface area contributed by atoms with Crippen LogP contribution in [0.1, 0.15) is 11.1 Å². The number of imide groups is 1. The maximum absolute atomic E-state index is 12.9. The number of hydrogen-bond acceptors (Lipinski definition) is 10. The van der Waals surface area contributed by atoms with Gasteiger partial charge in [-0.2, -0.15) is 0 Å². The van der Waals surface area contributed by atoms with Crippen LogP contribution in [0.4, 0.5) is 21.9 Å². The average Bonchev–Trinajstić information content (AvgIpc) is 3.19. The standard InChI is InChI=1S/C26H20N4O9S/c1-38-22-11-16(9-10-21(22)39-15-24(31)27-18-6-4-7-19(13-18)29(34)35)12-23-25(32)28(26(33)40-23)14-17-5-2-3-8-20(17)30(36)37/h2-13H,14-15H2,1H3,(H,27,31)/b23-12-. The van der Waals surface area contributed by atoms with Gasteiger partial charge in [-0.1, -0.05) is 30.3 Å². The fourth-order valence-electron chi connectivity index (χ4n) is 3.71. The summed E-state index contributed by atoms with van der Waals surface area (Å²) in [5, 5.41) is 24.1. The van der Waals surface area contributed by atoms with Crippen LogP contribution in [0, 0.1) is 20.2 Å². The van der Waals surface area contributed by atoms with Gasteiger partial charge in [0, 0.05) is 29.4 Å². The number of thioether (sulfide) groups is 1. The van der Waals surface area contributed by atoms with Gasteiger partial charge in [0.2, 0.25) is 0 Å². The minimum absolute atomic E-state index is 0.121. The van der Waals surface area contributed by atoms with Crippen molar-refractivity contribution in [2.75, 3.05) is 19.0 Å². The van der Waals surface area contributed by atoms with Crippen LogP contribution in [0.15, 0.2) is 71.6 Å². The number of nitrogens with zero attached hydrogens (tertiary/aromatic N) is 3. The van der Waals surface area contributed by atoms with Gasteiger partial charge in [-0.25, -0.2) is 0 Å². The number of nitrogens with one attached hydrogen (secondary N) is 1. The Morgan fingerprint density at radius 2 is 1.77 bits per heavy atom. The summed E-state index contributed by atoms with van der Waals surface area (Å²) in [5.74, 6) is -0.682. The highest BCUT2D eigenvalue weighted by Gasteiger charge is 2.36. The van der Waals surface area contributed by atoms with Crippen molar-refractivity contribution in [3.63, 3.8) is 0 Å². The van der Waals surface area contributed by atoms with Crippen LogP contribution in [-0.2, 0) is 16.1 Å². The van der Waals surface area contributed by atoms with Crippen molar-refractivity contribution in [2.24, 2.45) is 0 Å². The molecule has 4 rings (SSSR count). The fourth-order valence-corrected chi connectivity index (χ4v) is 4.55.